The van der Waals surface area contributed by atoms with Crippen molar-refractivity contribution >= 4 is 27.5 Å². The summed E-state index contributed by atoms with van der Waals surface area (Å²) < 4.78 is 6.17. The van der Waals surface area contributed by atoms with Gasteiger partial charge in [-0.3, -0.25) is 10.1 Å². The van der Waals surface area contributed by atoms with Crippen molar-refractivity contribution in [2.45, 2.75) is 20.4 Å². The molecule has 0 atom stereocenters. The zero-order valence-electron chi connectivity index (χ0n) is 10.6. The van der Waals surface area contributed by atoms with E-state index in [1.54, 1.807) is 6.07 Å². The van der Waals surface area contributed by atoms with E-state index in [-0.39, 0.29) is 5.88 Å². The first kappa shape index (κ1) is 13.6. The molecule has 6 heteroatoms. The summed E-state index contributed by atoms with van der Waals surface area (Å²) in [4.78, 5) is 9.96. The molecule has 100 valence electrons. The molecule has 0 bridgehead atoms. The number of hydrogen-bond donors (Lipinski definition) is 1. The fourth-order valence-corrected chi connectivity index (χ4v) is 2.03. The van der Waals surface area contributed by atoms with Gasteiger partial charge in [0.1, 0.15) is 10.7 Å². The molecule has 0 saturated heterocycles. The van der Waals surface area contributed by atoms with Crippen LogP contribution in [0.5, 0.6) is 0 Å². The van der Waals surface area contributed by atoms with Crippen LogP contribution in [0.25, 0.3) is 0 Å². The van der Waals surface area contributed by atoms with Gasteiger partial charge < -0.3 is 9.73 Å². The average Bonchev–Trinajstić information content (AvgIpc) is 2.82. The zero-order chi connectivity index (χ0) is 14.0. The SMILES string of the molecule is Cc1cc(NCc2ccc([N+](=O)[O-])o2)cc(C)c1Br. The summed E-state index contributed by atoms with van der Waals surface area (Å²) in [5.74, 6) is 0.296. The largest absolute Gasteiger partial charge is 0.433 e. The highest BCUT2D eigenvalue weighted by atomic mass is 79.9. The van der Waals surface area contributed by atoms with Gasteiger partial charge >= 0.3 is 5.88 Å². The quantitative estimate of drug-likeness (QED) is 0.676. The van der Waals surface area contributed by atoms with E-state index in [2.05, 4.69) is 21.2 Å². The Balaban J connectivity index is 2.08. The molecule has 0 radical (unpaired) electrons. The van der Waals surface area contributed by atoms with Gasteiger partial charge in [-0.05, 0) is 43.2 Å². The lowest BCUT2D eigenvalue weighted by molar-refractivity contribution is -0.402. The highest BCUT2D eigenvalue weighted by Crippen LogP contribution is 2.25. The van der Waals surface area contributed by atoms with E-state index in [0.717, 1.165) is 21.3 Å². The zero-order valence-corrected chi connectivity index (χ0v) is 12.2. The maximum atomic E-state index is 10.5. The first-order valence-electron chi connectivity index (χ1n) is 5.71. The first-order chi connectivity index (χ1) is 8.97. The van der Waals surface area contributed by atoms with Crippen LogP contribution in [0.1, 0.15) is 16.9 Å². The molecule has 5 nitrogen and oxygen atoms in total. The summed E-state index contributed by atoms with van der Waals surface area (Å²) in [6.45, 7) is 4.44. The van der Waals surface area contributed by atoms with Crippen molar-refractivity contribution in [2.24, 2.45) is 0 Å². The number of aryl methyl sites for hydroxylation is 2. The third-order valence-electron chi connectivity index (χ3n) is 2.73. The molecule has 1 N–H and O–H groups in total. The van der Waals surface area contributed by atoms with Crippen LogP contribution in [0.2, 0.25) is 0 Å². The Morgan fingerprint density at radius 3 is 2.47 bits per heavy atom. The van der Waals surface area contributed by atoms with E-state index in [1.165, 1.54) is 6.07 Å². The van der Waals surface area contributed by atoms with Crippen molar-refractivity contribution in [2.75, 3.05) is 5.32 Å². The number of nitrogens with zero attached hydrogens (tertiary/aromatic N) is 1. The van der Waals surface area contributed by atoms with Gasteiger partial charge in [-0.1, -0.05) is 15.9 Å². The Kier molecular flexibility index (Phi) is 3.90. The third kappa shape index (κ3) is 3.14. The lowest BCUT2D eigenvalue weighted by Crippen LogP contribution is -1.99. The Labute approximate surface area is 118 Å². The lowest BCUT2D eigenvalue weighted by atomic mass is 10.1. The van der Waals surface area contributed by atoms with Gasteiger partial charge in [0.25, 0.3) is 0 Å². The van der Waals surface area contributed by atoms with Gasteiger partial charge in [0.2, 0.25) is 0 Å². The van der Waals surface area contributed by atoms with Crippen LogP contribution in [-0.4, -0.2) is 4.92 Å². The molecule has 19 heavy (non-hydrogen) atoms. The monoisotopic (exact) mass is 324 g/mol. The van der Waals surface area contributed by atoms with E-state index >= 15 is 0 Å². The third-order valence-corrected chi connectivity index (χ3v) is 3.98. The number of anilines is 1. The second-order valence-corrected chi connectivity index (χ2v) is 5.07. The number of nitrogens with one attached hydrogen (secondary N) is 1. The van der Waals surface area contributed by atoms with Crippen LogP contribution in [0, 0.1) is 24.0 Å². The molecule has 0 amide bonds. The molecule has 0 spiro atoms. The molecule has 0 aliphatic heterocycles. The van der Waals surface area contributed by atoms with Crippen molar-refractivity contribution in [3.8, 4) is 0 Å². The van der Waals surface area contributed by atoms with Crippen LogP contribution in [0.3, 0.4) is 0 Å². The smallest absolute Gasteiger partial charge is 0.404 e. The molecular weight excluding hydrogens is 312 g/mol. The number of halogens is 1. The molecule has 0 aliphatic rings. The number of furan rings is 1. The van der Waals surface area contributed by atoms with E-state index in [4.69, 9.17) is 4.42 Å². The molecule has 1 aromatic heterocycles. The molecule has 1 aromatic carbocycles. The maximum Gasteiger partial charge on any atom is 0.433 e. The first-order valence-corrected chi connectivity index (χ1v) is 6.50. The Morgan fingerprint density at radius 1 is 1.32 bits per heavy atom. The Hall–Kier alpha value is -1.82. The minimum atomic E-state index is -0.544. The normalized spacial score (nSPS) is 10.5. The topological polar surface area (TPSA) is 68.3 Å². The number of hydrogen-bond acceptors (Lipinski definition) is 4. The number of rotatable bonds is 4. The predicted molar refractivity (Wildman–Crippen MR) is 76.3 cm³/mol. The summed E-state index contributed by atoms with van der Waals surface area (Å²) >= 11 is 3.51. The van der Waals surface area contributed by atoms with Gasteiger partial charge in [0.15, 0.2) is 0 Å². The molecule has 0 unspecified atom stereocenters. The molecular formula is C13H13BrN2O3. The average molecular weight is 325 g/mol. The van der Waals surface area contributed by atoms with Gasteiger partial charge in [-0.15, -0.1) is 0 Å². The second-order valence-electron chi connectivity index (χ2n) is 4.27. The standard InChI is InChI=1S/C13H13BrN2O3/c1-8-5-10(6-9(2)13(8)14)15-7-11-3-4-12(19-11)16(17)18/h3-6,15H,7H2,1-2H3. The molecule has 2 rings (SSSR count). The minimum absolute atomic E-state index is 0.236. The minimum Gasteiger partial charge on any atom is -0.404 e. The van der Waals surface area contributed by atoms with Gasteiger partial charge in [0, 0.05) is 10.2 Å². The summed E-state index contributed by atoms with van der Waals surface area (Å²) in [7, 11) is 0. The van der Waals surface area contributed by atoms with E-state index in [1.807, 2.05) is 26.0 Å². The Bertz CT molecular complexity index is 599. The van der Waals surface area contributed by atoms with Gasteiger partial charge in [-0.2, -0.15) is 0 Å². The predicted octanol–water partition coefficient (Wildman–Crippen LogP) is 4.18. The summed E-state index contributed by atoms with van der Waals surface area (Å²) in [5.41, 5.74) is 3.22. The highest BCUT2D eigenvalue weighted by molar-refractivity contribution is 9.10. The van der Waals surface area contributed by atoms with E-state index < -0.39 is 4.92 Å². The fraction of sp³-hybridized carbons (Fsp3) is 0.231. The van der Waals surface area contributed by atoms with Gasteiger partial charge in [-0.25, -0.2) is 0 Å². The Morgan fingerprint density at radius 2 is 1.95 bits per heavy atom. The maximum absolute atomic E-state index is 10.5. The summed E-state index contributed by atoms with van der Waals surface area (Å²) in [5, 5.41) is 13.7. The summed E-state index contributed by atoms with van der Waals surface area (Å²) in [6, 6.07) is 6.97. The highest BCUT2D eigenvalue weighted by Gasteiger charge is 2.11. The molecule has 0 saturated carbocycles. The summed E-state index contributed by atoms with van der Waals surface area (Å²) in [6.07, 6.45) is 0. The number of nitro groups is 1. The molecule has 1 heterocycles. The molecule has 0 fully saturated rings. The molecule has 0 aliphatic carbocycles. The van der Waals surface area contributed by atoms with Crippen molar-refractivity contribution in [1.82, 2.24) is 0 Å². The van der Waals surface area contributed by atoms with Crippen molar-refractivity contribution in [3.05, 3.63) is 55.7 Å². The lowest BCUT2D eigenvalue weighted by Gasteiger charge is -2.09. The van der Waals surface area contributed by atoms with Crippen LogP contribution < -0.4 is 5.32 Å². The van der Waals surface area contributed by atoms with Crippen LogP contribution in [-0.2, 0) is 6.54 Å². The fourth-order valence-electron chi connectivity index (χ4n) is 1.80. The molecule has 2 aromatic rings. The van der Waals surface area contributed by atoms with E-state index in [0.29, 0.717) is 12.3 Å². The van der Waals surface area contributed by atoms with Crippen molar-refractivity contribution in [1.29, 1.82) is 0 Å². The van der Waals surface area contributed by atoms with Crippen LogP contribution in [0.15, 0.2) is 33.2 Å². The van der Waals surface area contributed by atoms with Gasteiger partial charge in [0.05, 0.1) is 12.6 Å². The second kappa shape index (κ2) is 5.44. The van der Waals surface area contributed by atoms with Crippen LogP contribution >= 0.6 is 15.9 Å². The van der Waals surface area contributed by atoms with Crippen molar-refractivity contribution in [3.63, 3.8) is 0 Å². The van der Waals surface area contributed by atoms with Crippen molar-refractivity contribution < 1.29 is 9.34 Å². The number of benzene rings is 1. The van der Waals surface area contributed by atoms with Crippen LogP contribution in [0.4, 0.5) is 11.6 Å². The van der Waals surface area contributed by atoms with E-state index in [9.17, 15) is 10.1 Å².